The third-order valence-corrected chi connectivity index (χ3v) is 3.11. The van der Waals surface area contributed by atoms with Gasteiger partial charge in [0.1, 0.15) is 0 Å². The van der Waals surface area contributed by atoms with Crippen LogP contribution in [0.1, 0.15) is 13.3 Å². The Bertz CT molecular complexity index is 389. The van der Waals surface area contributed by atoms with Gasteiger partial charge >= 0.3 is 0 Å². The number of rotatable bonds is 5. The van der Waals surface area contributed by atoms with E-state index in [1.807, 2.05) is 11.8 Å². The van der Waals surface area contributed by atoms with Gasteiger partial charge in [0, 0.05) is 13.7 Å². The Kier molecular flexibility index (Phi) is 4.33. The van der Waals surface area contributed by atoms with Crippen molar-refractivity contribution in [2.45, 2.75) is 25.5 Å². The van der Waals surface area contributed by atoms with Crippen LogP contribution in [0.4, 0.5) is 5.82 Å². The summed E-state index contributed by atoms with van der Waals surface area (Å²) >= 11 is 0. The molecule has 6 nitrogen and oxygen atoms in total. The first-order valence-electron chi connectivity index (χ1n) is 6.13. The third-order valence-electron chi connectivity index (χ3n) is 3.11. The molecule has 1 N–H and O–H groups in total. The third kappa shape index (κ3) is 2.70. The van der Waals surface area contributed by atoms with E-state index in [1.165, 1.54) is 0 Å². The highest BCUT2D eigenvalue weighted by atomic mass is 16.5. The van der Waals surface area contributed by atoms with Crippen LogP contribution < -0.4 is 9.64 Å². The van der Waals surface area contributed by atoms with Crippen molar-refractivity contribution < 1.29 is 14.6 Å². The van der Waals surface area contributed by atoms with Crippen LogP contribution in [0.15, 0.2) is 12.4 Å². The van der Waals surface area contributed by atoms with Crippen molar-refractivity contribution in [3.8, 4) is 5.88 Å². The van der Waals surface area contributed by atoms with Crippen LogP contribution in [-0.4, -0.2) is 54.1 Å². The zero-order chi connectivity index (χ0) is 13.0. The first kappa shape index (κ1) is 13.0. The smallest absolute Gasteiger partial charge is 0.234 e. The largest absolute Gasteiger partial charge is 0.477 e. The molecule has 0 aromatic carbocycles. The highest BCUT2D eigenvalue weighted by Crippen LogP contribution is 2.25. The summed E-state index contributed by atoms with van der Waals surface area (Å²) < 4.78 is 10.7. The van der Waals surface area contributed by atoms with Crippen LogP contribution in [-0.2, 0) is 4.74 Å². The Balaban J connectivity index is 2.16. The topological polar surface area (TPSA) is 67.7 Å². The van der Waals surface area contributed by atoms with Crippen LogP contribution in [0.5, 0.6) is 5.88 Å². The summed E-state index contributed by atoms with van der Waals surface area (Å²) in [6.45, 7) is 3.26. The lowest BCUT2D eigenvalue weighted by Crippen LogP contribution is -2.33. The monoisotopic (exact) mass is 253 g/mol. The zero-order valence-corrected chi connectivity index (χ0v) is 10.7. The van der Waals surface area contributed by atoms with Gasteiger partial charge in [-0.1, -0.05) is 0 Å². The molecule has 0 bridgehead atoms. The van der Waals surface area contributed by atoms with Crippen LogP contribution in [0.25, 0.3) is 0 Å². The molecule has 0 saturated carbocycles. The SMILES string of the molecule is CCOc1cncc(N2C[C@H](OC)C[C@H]2CO)n1. The highest BCUT2D eigenvalue weighted by molar-refractivity contribution is 5.41. The normalized spacial score (nSPS) is 23.4. The van der Waals surface area contributed by atoms with E-state index in [2.05, 4.69) is 9.97 Å². The molecule has 6 heteroatoms. The standard InChI is InChI=1S/C12H19N3O3/c1-3-18-12-6-13-5-11(14-12)15-7-10(17-2)4-9(15)8-16/h5-6,9-10,16H,3-4,7-8H2,1-2H3/t9-,10+/m0/s1. The van der Waals surface area contributed by atoms with Crippen LogP contribution >= 0.6 is 0 Å². The van der Waals surface area contributed by atoms with Gasteiger partial charge in [-0.25, -0.2) is 0 Å². The maximum absolute atomic E-state index is 9.41. The van der Waals surface area contributed by atoms with Crippen molar-refractivity contribution in [3.05, 3.63) is 12.4 Å². The van der Waals surface area contributed by atoms with Gasteiger partial charge in [-0.15, -0.1) is 0 Å². The molecule has 2 rings (SSSR count). The van der Waals surface area contributed by atoms with Gasteiger partial charge in [-0.3, -0.25) is 4.98 Å². The molecule has 0 aliphatic carbocycles. The minimum absolute atomic E-state index is 0.0288. The van der Waals surface area contributed by atoms with Crippen molar-refractivity contribution in [1.82, 2.24) is 9.97 Å². The fourth-order valence-corrected chi connectivity index (χ4v) is 2.19. The molecule has 1 fully saturated rings. The predicted octanol–water partition coefficient (Wildman–Crippen LogP) is 0.461. The summed E-state index contributed by atoms with van der Waals surface area (Å²) in [7, 11) is 1.69. The molecule has 1 aliphatic heterocycles. The maximum atomic E-state index is 9.41. The molecule has 0 unspecified atom stereocenters. The molecule has 1 aromatic rings. The number of hydrogen-bond donors (Lipinski definition) is 1. The van der Waals surface area contributed by atoms with Crippen molar-refractivity contribution in [2.24, 2.45) is 0 Å². The maximum Gasteiger partial charge on any atom is 0.234 e. The van der Waals surface area contributed by atoms with E-state index in [4.69, 9.17) is 9.47 Å². The fraction of sp³-hybridized carbons (Fsp3) is 0.667. The van der Waals surface area contributed by atoms with E-state index >= 15 is 0 Å². The van der Waals surface area contributed by atoms with E-state index in [9.17, 15) is 5.11 Å². The quantitative estimate of drug-likeness (QED) is 0.822. The molecule has 100 valence electrons. The summed E-state index contributed by atoms with van der Waals surface area (Å²) in [5.74, 6) is 1.23. The first-order valence-corrected chi connectivity index (χ1v) is 6.13. The Morgan fingerprint density at radius 1 is 1.50 bits per heavy atom. The Labute approximate surface area is 107 Å². The number of aromatic nitrogens is 2. The second-order valence-electron chi connectivity index (χ2n) is 4.23. The van der Waals surface area contributed by atoms with Gasteiger partial charge in [0.05, 0.1) is 37.8 Å². The molecule has 1 aliphatic rings. The van der Waals surface area contributed by atoms with E-state index in [0.717, 1.165) is 12.2 Å². The summed E-state index contributed by atoms with van der Waals surface area (Å²) in [4.78, 5) is 10.5. The Morgan fingerprint density at radius 3 is 3.00 bits per heavy atom. The van der Waals surface area contributed by atoms with Crippen molar-refractivity contribution in [3.63, 3.8) is 0 Å². The minimum Gasteiger partial charge on any atom is -0.477 e. The number of hydrogen-bond acceptors (Lipinski definition) is 6. The number of nitrogens with zero attached hydrogens (tertiary/aromatic N) is 3. The van der Waals surface area contributed by atoms with Gasteiger partial charge in [0.25, 0.3) is 0 Å². The Hall–Kier alpha value is -1.40. The minimum atomic E-state index is 0.0288. The zero-order valence-electron chi connectivity index (χ0n) is 10.7. The highest BCUT2D eigenvalue weighted by Gasteiger charge is 2.32. The summed E-state index contributed by atoms with van der Waals surface area (Å²) in [6, 6.07) is 0.0288. The number of ether oxygens (including phenoxy) is 2. The molecule has 0 amide bonds. The average Bonchev–Trinajstić information content (AvgIpc) is 2.83. The van der Waals surface area contributed by atoms with Crippen LogP contribution in [0, 0.1) is 0 Å². The summed E-state index contributed by atoms with van der Waals surface area (Å²) in [5.41, 5.74) is 0. The summed E-state index contributed by atoms with van der Waals surface area (Å²) in [6.07, 6.45) is 4.20. The second kappa shape index (κ2) is 5.97. The first-order chi connectivity index (χ1) is 8.78. The number of methoxy groups -OCH3 is 1. The average molecular weight is 253 g/mol. The number of anilines is 1. The predicted molar refractivity (Wildman–Crippen MR) is 66.8 cm³/mol. The van der Waals surface area contributed by atoms with Crippen LogP contribution in [0.2, 0.25) is 0 Å². The second-order valence-corrected chi connectivity index (χ2v) is 4.23. The van der Waals surface area contributed by atoms with Gasteiger partial charge in [0.2, 0.25) is 5.88 Å². The molecule has 1 aromatic heterocycles. The lowest BCUT2D eigenvalue weighted by atomic mass is 10.2. The molecule has 0 spiro atoms. The van der Waals surface area contributed by atoms with E-state index in [1.54, 1.807) is 19.5 Å². The van der Waals surface area contributed by atoms with Gasteiger partial charge in [-0.05, 0) is 13.3 Å². The number of aliphatic hydroxyl groups excluding tert-OH is 1. The summed E-state index contributed by atoms with van der Waals surface area (Å²) in [5, 5.41) is 9.41. The number of aliphatic hydroxyl groups is 1. The lowest BCUT2D eigenvalue weighted by molar-refractivity contribution is 0.115. The van der Waals surface area contributed by atoms with Crippen molar-refractivity contribution in [1.29, 1.82) is 0 Å². The van der Waals surface area contributed by atoms with E-state index < -0.39 is 0 Å². The van der Waals surface area contributed by atoms with Crippen molar-refractivity contribution in [2.75, 3.05) is 31.8 Å². The van der Waals surface area contributed by atoms with Gasteiger partial charge in [0.15, 0.2) is 5.82 Å². The molecule has 2 heterocycles. The molecular weight excluding hydrogens is 234 g/mol. The Morgan fingerprint density at radius 2 is 2.33 bits per heavy atom. The van der Waals surface area contributed by atoms with E-state index in [-0.39, 0.29) is 18.8 Å². The molecule has 1 saturated heterocycles. The molecule has 18 heavy (non-hydrogen) atoms. The fourth-order valence-electron chi connectivity index (χ4n) is 2.19. The van der Waals surface area contributed by atoms with Crippen LogP contribution in [0.3, 0.4) is 0 Å². The molecular formula is C12H19N3O3. The van der Waals surface area contributed by atoms with Gasteiger partial charge < -0.3 is 19.5 Å². The lowest BCUT2D eigenvalue weighted by Gasteiger charge is -2.23. The van der Waals surface area contributed by atoms with E-state index in [0.29, 0.717) is 19.0 Å². The molecule has 2 atom stereocenters. The van der Waals surface area contributed by atoms with Crippen molar-refractivity contribution >= 4 is 5.82 Å². The van der Waals surface area contributed by atoms with Gasteiger partial charge in [-0.2, -0.15) is 4.98 Å². The molecule has 0 radical (unpaired) electrons.